The summed E-state index contributed by atoms with van der Waals surface area (Å²) >= 11 is 0. The minimum atomic E-state index is -1.51. The molecule has 7 heteroatoms. The highest BCUT2D eigenvalue weighted by atomic mass is 19.1. The maximum atomic E-state index is 14.9. The molecule has 0 unspecified atom stereocenters. The SMILES string of the molecule is O=C(NCC1(F)CCN(C(=O)OCc2ccccc2)CC1)c1cc[nH]c1. The minimum Gasteiger partial charge on any atom is -0.445 e. The molecule has 0 spiro atoms. The van der Waals surface area contributed by atoms with Crippen LogP contribution < -0.4 is 5.32 Å². The van der Waals surface area contributed by atoms with Gasteiger partial charge >= 0.3 is 6.09 Å². The van der Waals surface area contributed by atoms with Crippen LogP contribution in [-0.2, 0) is 11.3 Å². The minimum absolute atomic E-state index is 0.0656. The van der Waals surface area contributed by atoms with E-state index in [0.29, 0.717) is 5.56 Å². The van der Waals surface area contributed by atoms with Crippen molar-refractivity contribution in [3.05, 3.63) is 59.9 Å². The quantitative estimate of drug-likeness (QED) is 0.862. The summed E-state index contributed by atoms with van der Waals surface area (Å²) in [5.41, 5.74) is -0.136. The lowest BCUT2D eigenvalue weighted by Crippen LogP contribution is -2.49. The van der Waals surface area contributed by atoms with Gasteiger partial charge in [0, 0.05) is 38.3 Å². The van der Waals surface area contributed by atoms with E-state index in [1.165, 1.54) is 4.90 Å². The number of piperidine rings is 1. The fourth-order valence-corrected chi connectivity index (χ4v) is 2.88. The topological polar surface area (TPSA) is 74.4 Å². The van der Waals surface area contributed by atoms with Crippen LogP contribution in [-0.4, -0.2) is 47.2 Å². The number of halogens is 1. The summed E-state index contributed by atoms with van der Waals surface area (Å²) in [6, 6.07) is 11.0. The Kier molecular flexibility index (Phi) is 5.55. The first kappa shape index (κ1) is 18.0. The molecule has 0 atom stereocenters. The lowest BCUT2D eigenvalue weighted by Gasteiger charge is -2.35. The molecule has 2 N–H and O–H groups in total. The fourth-order valence-electron chi connectivity index (χ4n) is 2.88. The number of hydrogen-bond donors (Lipinski definition) is 2. The summed E-state index contributed by atoms with van der Waals surface area (Å²) in [7, 11) is 0. The zero-order chi connectivity index (χ0) is 18.4. The van der Waals surface area contributed by atoms with Gasteiger partial charge in [-0.15, -0.1) is 0 Å². The van der Waals surface area contributed by atoms with Gasteiger partial charge in [0.15, 0.2) is 0 Å². The number of amides is 2. The van der Waals surface area contributed by atoms with Gasteiger partial charge in [-0.2, -0.15) is 0 Å². The Balaban J connectivity index is 1.42. The smallest absolute Gasteiger partial charge is 0.410 e. The van der Waals surface area contributed by atoms with Crippen LogP contribution >= 0.6 is 0 Å². The number of benzene rings is 1. The molecule has 1 saturated heterocycles. The molecular formula is C19H22FN3O3. The van der Waals surface area contributed by atoms with Crippen molar-refractivity contribution in [2.45, 2.75) is 25.1 Å². The standard InChI is InChI=1S/C19H22FN3O3/c20-19(14-22-17(24)16-6-9-21-12-16)7-10-23(11-8-19)18(25)26-13-15-4-2-1-3-5-15/h1-6,9,12,21H,7-8,10-11,13-14H2,(H,22,24). The number of aromatic nitrogens is 1. The largest absolute Gasteiger partial charge is 0.445 e. The van der Waals surface area contributed by atoms with E-state index in [1.807, 2.05) is 30.3 Å². The Morgan fingerprint density at radius 3 is 2.58 bits per heavy atom. The number of alkyl halides is 1. The Morgan fingerprint density at radius 1 is 1.19 bits per heavy atom. The number of nitrogens with zero attached hydrogens (tertiary/aromatic N) is 1. The van der Waals surface area contributed by atoms with Crippen molar-refractivity contribution in [3.8, 4) is 0 Å². The summed E-state index contributed by atoms with van der Waals surface area (Å²) in [5.74, 6) is -0.312. The van der Waals surface area contributed by atoms with Crippen molar-refractivity contribution in [1.82, 2.24) is 15.2 Å². The van der Waals surface area contributed by atoms with Gasteiger partial charge in [0.1, 0.15) is 12.3 Å². The number of carbonyl (C=O) groups is 2. The fraction of sp³-hybridized carbons (Fsp3) is 0.368. The second-order valence-electron chi connectivity index (χ2n) is 6.46. The second kappa shape index (κ2) is 8.03. The predicted molar refractivity (Wildman–Crippen MR) is 94.4 cm³/mol. The van der Waals surface area contributed by atoms with Crippen LogP contribution in [0, 0.1) is 0 Å². The summed E-state index contributed by atoms with van der Waals surface area (Å²) < 4.78 is 20.1. The highest BCUT2D eigenvalue weighted by molar-refractivity contribution is 5.93. The molecule has 1 aliphatic heterocycles. The van der Waals surface area contributed by atoms with Gasteiger partial charge in [0.2, 0.25) is 0 Å². The lowest BCUT2D eigenvalue weighted by atomic mass is 9.93. The van der Waals surface area contributed by atoms with E-state index in [-0.39, 0.29) is 45.0 Å². The monoisotopic (exact) mass is 359 g/mol. The van der Waals surface area contributed by atoms with Crippen molar-refractivity contribution in [2.75, 3.05) is 19.6 Å². The van der Waals surface area contributed by atoms with Gasteiger partial charge in [-0.25, -0.2) is 9.18 Å². The predicted octanol–water partition coefficient (Wildman–Crippen LogP) is 2.89. The summed E-state index contributed by atoms with van der Waals surface area (Å²) in [4.78, 5) is 28.3. The van der Waals surface area contributed by atoms with Gasteiger partial charge in [-0.3, -0.25) is 4.79 Å². The van der Waals surface area contributed by atoms with Crippen molar-refractivity contribution in [1.29, 1.82) is 0 Å². The zero-order valence-corrected chi connectivity index (χ0v) is 14.4. The number of carbonyl (C=O) groups excluding carboxylic acids is 2. The van der Waals surface area contributed by atoms with Crippen molar-refractivity contribution in [2.24, 2.45) is 0 Å². The Morgan fingerprint density at radius 2 is 1.92 bits per heavy atom. The number of aromatic amines is 1. The highest BCUT2D eigenvalue weighted by Crippen LogP contribution is 2.26. The van der Waals surface area contributed by atoms with Crippen LogP contribution in [0.2, 0.25) is 0 Å². The number of H-pyrrole nitrogens is 1. The van der Waals surface area contributed by atoms with E-state index in [9.17, 15) is 14.0 Å². The number of likely N-dealkylation sites (tertiary alicyclic amines) is 1. The maximum Gasteiger partial charge on any atom is 0.410 e. The van der Waals surface area contributed by atoms with Gasteiger partial charge in [-0.05, 0) is 11.6 Å². The molecule has 2 heterocycles. The van der Waals surface area contributed by atoms with Crippen LogP contribution in [0.4, 0.5) is 9.18 Å². The first-order chi connectivity index (χ1) is 12.6. The summed E-state index contributed by atoms with van der Waals surface area (Å²) in [5, 5.41) is 2.62. The Hall–Kier alpha value is -2.83. The third-order valence-electron chi connectivity index (χ3n) is 4.55. The van der Waals surface area contributed by atoms with E-state index >= 15 is 0 Å². The normalized spacial score (nSPS) is 16.1. The van der Waals surface area contributed by atoms with E-state index in [1.54, 1.807) is 18.5 Å². The molecular weight excluding hydrogens is 337 g/mol. The molecule has 2 aromatic rings. The van der Waals surface area contributed by atoms with E-state index in [0.717, 1.165) is 5.56 Å². The zero-order valence-electron chi connectivity index (χ0n) is 14.4. The van der Waals surface area contributed by atoms with E-state index < -0.39 is 11.8 Å². The average molecular weight is 359 g/mol. The molecule has 0 bridgehead atoms. The Labute approximate surface area is 151 Å². The molecule has 6 nitrogen and oxygen atoms in total. The van der Waals surface area contributed by atoms with E-state index in [2.05, 4.69) is 10.3 Å². The van der Waals surface area contributed by atoms with Gasteiger partial charge in [-0.1, -0.05) is 30.3 Å². The molecule has 0 radical (unpaired) electrons. The van der Waals surface area contributed by atoms with Gasteiger partial charge in [0.05, 0.1) is 12.1 Å². The summed E-state index contributed by atoms with van der Waals surface area (Å²) in [6.45, 7) is 0.669. The molecule has 1 aliphatic rings. The molecule has 26 heavy (non-hydrogen) atoms. The van der Waals surface area contributed by atoms with Crippen LogP contribution in [0.5, 0.6) is 0 Å². The van der Waals surface area contributed by atoms with Crippen LogP contribution in [0.15, 0.2) is 48.8 Å². The second-order valence-corrected chi connectivity index (χ2v) is 6.46. The number of hydrogen-bond acceptors (Lipinski definition) is 3. The molecule has 1 aromatic heterocycles. The maximum absolute atomic E-state index is 14.9. The lowest BCUT2D eigenvalue weighted by molar-refractivity contribution is 0.0398. The van der Waals surface area contributed by atoms with Crippen molar-refractivity contribution < 1.29 is 18.7 Å². The molecule has 3 rings (SSSR count). The molecule has 2 amide bonds. The first-order valence-corrected chi connectivity index (χ1v) is 8.61. The van der Waals surface area contributed by atoms with Gasteiger partial charge < -0.3 is 19.9 Å². The van der Waals surface area contributed by atoms with Crippen LogP contribution in [0.3, 0.4) is 0 Å². The number of rotatable bonds is 5. The Bertz CT molecular complexity index is 726. The van der Waals surface area contributed by atoms with E-state index in [4.69, 9.17) is 4.74 Å². The van der Waals surface area contributed by atoms with Crippen LogP contribution in [0.1, 0.15) is 28.8 Å². The average Bonchev–Trinajstić information content (AvgIpc) is 3.21. The number of nitrogens with one attached hydrogen (secondary N) is 2. The molecule has 1 aromatic carbocycles. The molecule has 0 aliphatic carbocycles. The van der Waals surface area contributed by atoms with Crippen molar-refractivity contribution >= 4 is 12.0 Å². The van der Waals surface area contributed by atoms with Crippen LogP contribution in [0.25, 0.3) is 0 Å². The summed E-state index contributed by atoms with van der Waals surface area (Å²) in [6.07, 6.45) is 3.10. The third kappa shape index (κ3) is 4.62. The van der Waals surface area contributed by atoms with Gasteiger partial charge in [0.25, 0.3) is 5.91 Å². The molecule has 0 saturated carbocycles. The highest BCUT2D eigenvalue weighted by Gasteiger charge is 2.36. The van der Waals surface area contributed by atoms with Crippen molar-refractivity contribution in [3.63, 3.8) is 0 Å². The molecule has 1 fully saturated rings. The number of ether oxygens (including phenoxy) is 1. The molecule has 138 valence electrons. The third-order valence-corrected chi connectivity index (χ3v) is 4.55. The first-order valence-electron chi connectivity index (χ1n) is 8.61.